The normalized spacial score (nSPS) is 18.2. The number of benzene rings is 2. The third-order valence-corrected chi connectivity index (χ3v) is 6.35. The Bertz CT molecular complexity index is 1060. The average molecular weight is 458 g/mol. The number of ether oxygens (including phenoxy) is 3. The molecule has 4 rings (SSSR count). The summed E-state index contributed by atoms with van der Waals surface area (Å²) in [5, 5.41) is 9.44. The van der Waals surface area contributed by atoms with Crippen molar-refractivity contribution in [3.05, 3.63) is 70.4 Å². The monoisotopic (exact) mass is 457 g/mol. The summed E-state index contributed by atoms with van der Waals surface area (Å²) >= 11 is 6.85. The molecule has 1 saturated heterocycles. The van der Waals surface area contributed by atoms with Gasteiger partial charge in [-0.3, -0.25) is 9.69 Å². The predicted molar refractivity (Wildman–Crippen MR) is 119 cm³/mol. The third kappa shape index (κ3) is 4.30. The number of fused-ring (bicyclic) bond motifs is 1. The van der Waals surface area contributed by atoms with Crippen LogP contribution in [0.1, 0.15) is 24.5 Å². The van der Waals surface area contributed by atoms with Crippen molar-refractivity contribution in [2.24, 2.45) is 0 Å². The number of thioether (sulfide) groups is 1. The number of carbonyl (C=O) groups excluding carboxylic acids is 2. The van der Waals surface area contributed by atoms with Crippen LogP contribution in [-0.2, 0) is 14.3 Å². The third-order valence-electron chi connectivity index (χ3n) is 4.73. The number of rotatable bonds is 7. The molecule has 7 nitrogen and oxygen atoms in total. The quantitative estimate of drug-likeness (QED) is 0.223. The van der Waals surface area contributed by atoms with Crippen molar-refractivity contribution in [3.63, 3.8) is 0 Å². The van der Waals surface area contributed by atoms with Crippen molar-refractivity contribution in [1.82, 2.24) is 4.90 Å². The summed E-state index contributed by atoms with van der Waals surface area (Å²) in [6.07, 6.45) is -0.974. The second-order valence-electron chi connectivity index (χ2n) is 6.87. The highest BCUT2D eigenvalue weighted by Crippen LogP contribution is 2.47. The molecule has 0 unspecified atom stereocenters. The van der Waals surface area contributed by atoms with E-state index in [0.717, 1.165) is 16.9 Å². The van der Waals surface area contributed by atoms with Gasteiger partial charge in [-0.2, -0.15) is 0 Å². The second-order valence-corrected chi connectivity index (χ2v) is 8.42. The van der Waals surface area contributed by atoms with E-state index < -0.39 is 12.3 Å². The van der Waals surface area contributed by atoms with Gasteiger partial charge in [-0.05, 0) is 66.6 Å². The van der Waals surface area contributed by atoms with Crippen molar-refractivity contribution < 1.29 is 28.9 Å². The second kappa shape index (κ2) is 8.70. The van der Waals surface area contributed by atoms with Crippen molar-refractivity contribution in [3.8, 4) is 11.5 Å². The number of aliphatic hydroxyl groups excluding tert-OH is 1. The fourth-order valence-corrected chi connectivity index (χ4v) is 4.69. The molecule has 0 radical (unpaired) electrons. The van der Waals surface area contributed by atoms with Crippen LogP contribution >= 0.6 is 24.0 Å². The Morgan fingerprint density at radius 3 is 2.23 bits per heavy atom. The summed E-state index contributed by atoms with van der Waals surface area (Å²) in [6.45, 7) is 1.32. The van der Waals surface area contributed by atoms with E-state index in [9.17, 15) is 14.7 Å². The SMILES string of the molecule is COc1ccc(C(=S)c2ccc(OC3=C(C(=O)O[C@H](C)O)N4C(=O)C[C@H]4S3)cc2)cc1. The van der Waals surface area contributed by atoms with Crippen LogP contribution in [0.3, 0.4) is 0 Å². The zero-order chi connectivity index (χ0) is 22.1. The minimum atomic E-state index is -1.29. The molecule has 2 aliphatic rings. The number of thiocarbonyl (C=S) groups is 1. The van der Waals surface area contributed by atoms with Crippen LogP contribution in [0.25, 0.3) is 0 Å². The van der Waals surface area contributed by atoms with Crippen LogP contribution in [0.2, 0.25) is 0 Å². The minimum Gasteiger partial charge on any atom is -0.497 e. The van der Waals surface area contributed by atoms with Crippen LogP contribution in [0.15, 0.2) is 59.3 Å². The first-order valence-corrected chi connectivity index (χ1v) is 10.7. The topological polar surface area (TPSA) is 85.3 Å². The fourth-order valence-electron chi connectivity index (χ4n) is 3.18. The zero-order valence-corrected chi connectivity index (χ0v) is 18.4. The van der Waals surface area contributed by atoms with E-state index in [0.29, 0.717) is 17.0 Å². The Kier molecular flexibility index (Phi) is 5.99. The molecule has 2 aromatic carbocycles. The molecule has 31 heavy (non-hydrogen) atoms. The van der Waals surface area contributed by atoms with Crippen LogP contribution in [-0.4, -0.2) is 45.5 Å². The lowest BCUT2D eigenvalue weighted by molar-refractivity contribution is -0.165. The lowest BCUT2D eigenvalue weighted by Crippen LogP contribution is -2.48. The molecule has 0 aromatic heterocycles. The molecule has 0 spiro atoms. The summed E-state index contributed by atoms with van der Waals surface area (Å²) in [5.41, 5.74) is 1.75. The Labute approximate surface area is 188 Å². The number of β-lactam (4-membered cyclic amide) rings is 1. The van der Waals surface area contributed by atoms with E-state index in [1.165, 1.54) is 23.6 Å². The van der Waals surface area contributed by atoms with Crippen molar-refractivity contribution in [2.75, 3.05) is 7.11 Å². The lowest BCUT2D eigenvalue weighted by atomic mass is 10.0. The largest absolute Gasteiger partial charge is 0.497 e. The summed E-state index contributed by atoms with van der Waals surface area (Å²) in [6, 6.07) is 14.6. The van der Waals surface area contributed by atoms with E-state index in [4.69, 9.17) is 26.4 Å². The fraction of sp³-hybridized carbons (Fsp3) is 0.227. The van der Waals surface area contributed by atoms with E-state index in [-0.39, 0.29) is 22.1 Å². The number of hydrogen-bond acceptors (Lipinski definition) is 8. The number of aliphatic hydroxyl groups is 1. The Morgan fingerprint density at radius 2 is 1.71 bits per heavy atom. The number of methoxy groups -OCH3 is 1. The smallest absolute Gasteiger partial charge is 0.361 e. The first-order chi connectivity index (χ1) is 14.9. The molecule has 0 bridgehead atoms. The number of hydrogen-bond donors (Lipinski definition) is 1. The molecular weight excluding hydrogens is 438 g/mol. The highest BCUT2D eigenvalue weighted by atomic mass is 32.2. The van der Waals surface area contributed by atoms with Crippen LogP contribution < -0.4 is 9.47 Å². The molecule has 2 heterocycles. The maximum atomic E-state index is 12.4. The summed E-state index contributed by atoms with van der Waals surface area (Å²) < 4.78 is 15.9. The van der Waals surface area contributed by atoms with Gasteiger partial charge in [0.15, 0.2) is 17.1 Å². The summed E-state index contributed by atoms with van der Waals surface area (Å²) in [5.74, 6) is 0.256. The zero-order valence-electron chi connectivity index (χ0n) is 16.7. The summed E-state index contributed by atoms with van der Waals surface area (Å²) in [4.78, 5) is 26.3. The maximum Gasteiger partial charge on any atom is 0.361 e. The van der Waals surface area contributed by atoms with Gasteiger partial charge >= 0.3 is 5.97 Å². The molecule has 1 N–H and O–H groups in total. The lowest BCUT2D eigenvalue weighted by Gasteiger charge is -2.33. The van der Waals surface area contributed by atoms with E-state index in [2.05, 4.69) is 0 Å². The Balaban J connectivity index is 1.52. The van der Waals surface area contributed by atoms with E-state index >= 15 is 0 Å². The van der Waals surface area contributed by atoms with Gasteiger partial charge in [-0.1, -0.05) is 24.0 Å². The van der Waals surface area contributed by atoms with Crippen molar-refractivity contribution in [1.29, 1.82) is 0 Å². The standard InChI is InChI=1S/C22H19NO6S2/c1-12(24)28-21(26)19-22(31-18-11-17(25)23(18)19)29-16-9-5-14(6-10-16)20(30)13-3-7-15(27-2)8-4-13/h3-10,12,18,24H,11H2,1-2H3/t12-,18-/m1/s1. The molecule has 2 aliphatic heterocycles. The first kappa shape index (κ1) is 21.4. The first-order valence-electron chi connectivity index (χ1n) is 9.46. The van der Waals surface area contributed by atoms with Gasteiger partial charge in [-0.25, -0.2) is 4.79 Å². The van der Waals surface area contributed by atoms with Gasteiger partial charge in [0, 0.05) is 0 Å². The molecule has 2 aromatic rings. The molecule has 0 aliphatic carbocycles. The number of esters is 1. The van der Waals surface area contributed by atoms with Crippen molar-refractivity contribution >= 4 is 40.7 Å². The molecule has 0 saturated carbocycles. The van der Waals surface area contributed by atoms with Crippen molar-refractivity contribution in [2.45, 2.75) is 25.0 Å². The van der Waals surface area contributed by atoms with Gasteiger partial charge in [0.1, 0.15) is 11.5 Å². The Morgan fingerprint density at radius 1 is 1.13 bits per heavy atom. The molecular formula is C22H19NO6S2. The molecule has 160 valence electrons. The predicted octanol–water partition coefficient (Wildman–Crippen LogP) is 3.20. The van der Waals surface area contributed by atoms with Gasteiger partial charge in [-0.15, -0.1) is 0 Å². The Hall–Kier alpha value is -2.88. The van der Waals surface area contributed by atoms with Gasteiger partial charge in [0.2, 0.25) is 5.91 Å². The highest BCUT2D eigenvalue weighted by Gasteiger charge is 2.50. The molecule has 9 heteroatoms. The number of nitrogens with zero attached hydrogens (tertiary/aromatic N) is 1. The van der Waals surface area contributed by atoms with Gasteiger partial charge in [0.25, 0.3) is 0 Å². The van der Waals surface area contributed by atoms with Crippen LogP contribution in [0.4, 0.5) is 0 Å². The minimum absolute atomic E-state index is 0.0185. The van der Waals surface area contributed by atoms with E-state index in [1.54, 1.807) is 19.2 Å². The van der Waals surface area contributed by atoms with Crippen LogP contribution in [0, 0.1) is 0 Å². The number of amides is 1. The highest BCUT2D eigenvalue weighted by molar-refractivity contribution is 8.03. The molecule has 1 amide bonds. The average Bonchev–Trinajstić information content (AvgIpc) is 3.05. The van der Waals surface area contributed by atoms with Crippen LogP contribution in [0.5, 0.6) is 11.5 Å². The van der Waals surface area contributed by atoms with Gasteiger partial charge in [0.05, 0.1) is 23.8 Å². The van der Waals surface area contributed by atoms with Gasteiger partial charge < -0.3 is 19.3 Å². The summed E-state index contributed by atoms with van der Waals surface area (Å²) in [7, 11) is 1.61. The molecule has 1 fully saturated rings. The number of carbonyl (C=O) groups is 2. The molecule has 2 atom stereocenters. The van der Waals surface area contributed by atoms with E-state index in [1.807, 2.05) is 36.4 Å². The maximum absolute atomic E-state index is 12.4.